The normalized spacial score (nSPS) is 13.9. The molecule has 0 bridgehead atoms. The Balaban J connectivity index is 0.000000187. The Kier molecular flexibility index (Phi) is 7.48. The third-order valence-electron chi connectivity index (χ3n) is 0.957. The number of hydrogen-bond donors (Lipinski definition) is 0. The van der Waals surface area contributed by atoms with Crippen molar-refractivity contribution in [2.75, 3.05) is 0 Å². The van der Waals surface area contributed by atoms with Crippen molar-refractivity contribution in [1.29, 1.82) is 0 Å². The zero-order valence-corrected chi connectivity index (χ0v) is 8.27. The molecule has 0 aromatic heterocycles. The molecule has 0 saturated carbocycles. The second kappa shape index (κ2) is 6.89. The van der Waals surface area contributed by atoms with E-state index in [0.717, 1.165) is 0 Å². The van der Waals surface area contributed by atoms with Crippen LogP contribution in [-0.4, -0.2) is 0 Å². The second-order valence-corrected chi connectivity index (χ2v) is 4.30. The minimum atomic E-state index is -0.556. The molecule has 0 heterocycles. The van der Waals surface area contributed by atoms with Gasteiger partial charge in [0, 0.05) is 0 Å². The molecule has 1 rings (SSSR count). The van der Waals surface area contributed by atoms with Gasteiger partial charge in [-0.3, -0.25) is 0 Å². The average Bonchev–Trinajstić information content (AvgIpc) is 2.20. The van der Waals surface area contributed by atoms with E-state index in [0.29, 0.717) is 0 Å². The van der Waals surface area contributed by atoms with E-state index in [2.05, 4.69) is 25.2 Å². The van der Waals surface area contributed by atoms with E-state index in [1.54, 1.807) is 0 Å². The molecule has 3 heteroatoms. The summed E-state index contributed by atoms with van der Waals surface area (Å²) in [5.41, 5.74) is 1.47. The van der Waals surface area contributed by atoms with Crippen LogP contribution in [0, 0.1) is 0 Å². The van der Waals surface area contributed by atoms with Gasteiger partial charge in [-0.25, -0.2) is 0 Å². The summed E-state index contributed by atoms with van der Waals surface area (Å²) in [6, 6.07) is 0. The zero-order valence-electron chi connectivity index (χ0n) is 5.20. The van der Waals surface area contributed by atoms with E-state index in [9.17, 15) is 0 Å². The van der Waals surface area contributed by atoms with Crippen LogP contribution in [0.4, 0.5) is 0 Å². The summed E-state index contributed by atoms with van der Waals surface area (Å²) in [5.74, 6) is 0. The van der Waals surface area contributed by atoms with Crippen molar-refractivity contribution < 1.29 is 17.0 Å². The van der Waals surface area contributed by atoms with Gasteiger partial charge in [0.1, 0.15) is 0 Å². The van der Waals surface area contributed by atoms with E-state index in [-0.39, 0.29) is 0 Å². The van der Waals surface area contributed by atoms with Crippen LogP contribution in [0.2, 0.25) is 0 Å². The number of rotatable bonds is 0. The number of hydrogen-bond acceptors (Lipinski definition) is 0. The van der Waals surface area contributed by atoms with Crippen molar-refractivity contribution in [3.63, 3.8) is 0 Å². The molecule has 0 spiro atoms. The summed E-state index contributed by atoms with van der Waals surface area (Å²) < 4.78 is 0. The van der Waals surface area contributed by atoms with Gasteiger partial charge in [-0.15, -0.1) is 0 Å². The molecule has 0 aliphatic heterocycles. The van der Waals surface area contributed by atoms with Crippen LogP contribution in [0.15, 0.2) is 23.8 Å². The Morgan fingerprint density at radius 1 is 1.56 bits per heavy atom. The van der Waals surface area contributed by atoms with Gasteiger partial charge in [0.25, 0.3) is 0 Å². The molecule has 0 N–H and O–H groups in total. The van der Waals surface area contributed by atoms with E-state index < -0.39 is 17.0 Å². The van der Waals surface area contributed by atoms with Crippen LogP contribution in [0.25, 0.3) is 0 Å². The standard InChI is InChI=1S/C6H8.2ClH.Ti/c1-6-4-2-3-5-6;;;/h2-4H,5H2,1H3;2*1H;/q;;;+2/p-2. The second-order valence-electron chi connectivity index (χ2n) is 1.72. The van der Waals surface area contributed by atoms with Gasteiger partial charge in [-0.05, 0) is 13.3 Å². The van der Waals surface area contributed by atoms with Gasteiger partial charge in [-0.2, -0.15) is 0 Å². The van der Waals surface area contributed by atoms with Crippen molar-refractivity contribution in [3.8, 4) is 0 Å². The maximum atomic E-state index is 4.89. The van der Waals surface area contributed by atoms with Gasteiger partial charge in [0.05, 0.1) is 0 Å². The van der Waals surface area contributed by atoms with Crippen LogP contribution in [-0.2, 0) is 17.0 Å². The van der Waals surface area contributed by atoms with Gasteiger partial charge in [0.15, 0.2) is 0 Å². The topological polar surface area (TPSA) is 0 Å². The molecule has 0 unspecified atom stereocenters. The van der Waals surface area contributed by atoms with Crippen LogP contribution < -0.4 is 0 Å². The molecule has 0 fully saturated rings. The molecule has 0 saturated heterocycles. The van der Waals surface area contributed by atoms with Gasteiger partial charge in [0.2, 0.25) is 0 Å². The van der Waals surface area contributed by atoms with Crippen molar-refractivity contribution >= 4 is 18.6 Å². The Morgan fingerprint density at radius 2 is 2.11 bits per heavy atom. The molecule has 0 aromatic rings. The minimum absolute atomic E-state index is 0.556. The fourth-order valence-corrected chi connectivity index (χ4v) is 0.554. The third-order valence-corrected chi connectivity index (χ3v) is 0.957. The fourth-order valence-electron chi connectivity index (χ4n) is 0.554. The summed E-state index contributed by atoms with van der Waals surface area (Å²) in [5, 5.41) is 0. The Hall–Kier alpha value is 0.774. The SMILES string of the molecule is CC1=CC=CC1.[Cl][Ti][Cl]. The summed E-state index contributed by atoms with van der Waals surface area (Å²) >= 11 is -0.556. The summed E-state index contributed by atoms with van der Waals surface area (Å²) in [6.45, 7) is 2.14. The Morgan fingerprint density at radius 3 is 2.22 bits per heavy atom. The first-order valence-electron chi connectivity index (χ1n) is 2.60. The molecule has 0 radical (unpaired) electrons. The van der Waals surface area contributed by atoms with Crippen LogP contribution in [0.5, 0.6) is 0 Å². The molecular weight excluding hydrogens is 191 g/mol. The van der Waals surface area contributed by atoms with Crippen molar-refractivity contribution in [3.05, 3.63) is 23.8 Å². The molecule has 0 atom stereocenters. The van der Waals surface area contributed by atoms with E-state index >= 15 is 0 Å². The monoisotopic (exact) mass is 198 g/mol. The molecule has 0 nitrogen and oxygen atoms in total. The molecule has 0 aromatic carbocycles. The molecule has 1 aliphatic carbocycles. The summed E-state index contributed by atoms with van der Waals surface area (Å²) in [4.78, 5) is 0. The fraction of sp³-hybridized carbons (Fsp3) is 0.333. The van der Waals surface area contributed by atoms with E-state index in [1.807, 2.05) is 0 Å². The third kappa shape index (κ3) is 6.66. The maximum absolute atomic E-state index is 4.89. The predicted octanol–water partition coefficient (Wildman–Crippen LogP) is 3.27. The number of allylic oxidation sites excluding steroid dienone is 4. The average molecular weight is 199 g/mol. The first-order valence-corrected chi connectivity index (χ1v) is 6.89. The molecule has 50 valence electrons. The first-order chi connectivity index (χ1) is 4.31. The molecule has 9 heavy (non-hydrogen) atoms. The predicted molar refractivity (Wildman–Crippen MR) is 39.2 cm³/mol. The van der Waals surface area contributed by atoms with Crippen LogP contribution in [0.3, 0.4) is 0 Å². The van der Waals surface area contributed by atoms with Crippen molar-refractivity contribution in [2.45, 2.75) is 13.3 Å². The van der Waals surface area contributed by atoms with E-state index in [4.69, 9.17) is 18.6 Å². The summed E-state index contributed by atoms with van der Waals surface area (Å²) in [7, 11) is 9.78. The van der Waals surface area contributed by atoms with Gasteiger partial charge in [-0.1, -0.05) is 23.8 Å². The van der Waals surface area contributed by atoms with E-state index in [1.165, 1.54) is 12.0 Å². The molecular formula is C6H8Cl2Ti. The quantitative estimate of drug-likeness (QED) is 0.525. The van der Waals surface area contributed by atoms with Crippen molar-refractivity contribution in [2.24, 2.45) is 0 Å². The Bertz CT molecular complexity index is 118. The van der Waals surface area contributed by atoms with Crippen molar-refractivity contribution in [1.82, 2.24) is 0 Å². The van der Waals surface area contributed by atoms with Gasteiger partial charge >= 0.3 is 35.6 Å². The Labute approximate surface area is 72.6 Å². The molecule has 0 amide bonds. The zero-order chi connectivity index (χ0) is 7.11. The molecule has 1 aliphatic rings. The van der Waals surface area contributed by atoms with Crippen LogP contribution in [0.1, 0.15) is 13.3 Å². The van der Waals surface area contributed by atoms with Crippen LogP contribution >= 0.6 is 18.6 Å². The summed E-state index contributed by atoms with van der Waals surface area (Å²) in [6.07, 6.45) is 7.56. The number of halogens is 2. The van der Waals surface area contributed by atoms with Gasteiger partial charge < -0.3 is 0 Å². The first kappa shape index (κ1) is 9.77.